The molecule has 0 saturated heterocycles. The normalized spacial score (nSPS) is 13.9. The largest absolute Gasteiger partial charge is 0.465 e. The monoisotopic (exact) mass is 523 g/mol. The van der Waals surface area contributed by atoms with Gasteiger partial charge in [0.15, 0.2) is 5.11 Å². The van der Waals surface area contributed by atoms with Gasteiger partial charge in [-0.25, -0.2) is 14.5 Å². The topological polar surface area (TPSA) is 81.1 Å². The SMILES string of the molecule is COC(=O)c1c(NC(=S)Nc2ncn(Cc3cccc(C(F)(F)F)c3)n2)sc2c1CCCCCC2. The van der Waals surface area contributed by atoms with E-state index in [0.29, 0.717) is 16.1 Å². The van der Waals surface area contributed by atoms with E-state index in [1.54, 1.807) is 6.07 Å². The fourth-order valence-corrected chi connectivity index (χ4v) is 5.56. The number of thiophene rings is 1. The third-order valence-corrected chi connectivity index (χ3v) is 7.06. The van der Waals surface area contributed by atoms with Crippen molar-refractivity contribution < 1.29 is 22.7 Å². The van der Waals surface area contributed by atoms with E-state index in [2.05, 4.69) is 20.7 Å². The molecule has 0 radical (unpaired) electrons. The Morgan fingerprint density at radius 2 is 1.97 bits per heavy atom. The third-order valence-electron chi connectivity index (χ3n) is 5.65. The number of aromatic nitrogens is 3. The summed E-state index contributed by atoms with van der Waals surface area (Å²) >= 11 is 6.91. The molecule has 2 heterocycles. The van der Waals surface area contributed by atoms with Gasteiger partial charge in [0.2, 0.25) is 5.95 Å². The molecule has 12 heteroatoms. The predicted molar refractivity (Wildman–Crippen MR) is 132 cm³/mol. The van der Waals surface area contributed by atoms with Gasteiger partial charge in [0.25, 0.3) is 0 Å². The van der Waals surface area contributed by atoms with Crippen LogP contribution in [-0.2, 0) is 30.3 Å². The Bertz CT molecular complexity index is 1220. The molecular weight excluding hydrogens is 499 g/mol. The van der Waals surface area contributed by atoms with Gasteiger partial charge in [0, 0.05) is 4.88 Å². The number of esters is 1. The second-order valence-electron chi connectivity index (χ2n) is 8.16. The quantitative estimate of drug-likeness (QED) is 0.330. The molecule has 1 aromatic carbocycles. The van der Waals surface area contributed by atoms with Gasteiger partial charge in [-0.3, -0.25) is 5.32 Å². The highest BCUT2D eigenvalue weighted by Crippen LogP contribution is 2.37. The minimum atomic E-state index is -4.41. The number of rotatable bonds is 5. The van der Waals surface area contributed by atoms with E-state index in [9.17, 15) is 18.0 Å². The fourth-order valence-electron chi connectivity index (χ4n) is 4.02. The van der Waals surface area contributed by atoms with Crippen LogP contribution in [0.1, 0.15) is 57.6 Å². The first-order valence-corrected chi connectivity index (χ1v) is 12.3. The lowest BCUT2D eigenvalue weighted by Gasteiger charge is -2.11. The van der Waals surface area contributed by atoms with Crippen LogP contribution in [0.3, 0.4) is 0 Å². The van der Waals surface area contributed by atoms with Gasteiger partial charge in [-0.05, 0) is 61.2 Å². The third kappa shape index (κ3) is 6.17. The maximum Gasteiger partial charge on any atom is 0.416 e. The van der Waals surface area contributed by atoms with Crippen molar-refractivity contribution in [1.82, 2.24) is 14.8 Å². The molecule has 35 heavy (non-hydrogen) atoms. The summed E-state index contributed by atoms with van der Waals surface area (Å²) in [4.78, 5) is 17.8. The lowest BCUT2D eigenvalue weighted by Crippen LogP contribution is -2.21. The van der Waals surface area contributed by atoms with Gasteiger partial charge < -0.3 is 10.1 Å². The molecule has 1 aliphatic carbocycles. The summed E-state index contributed by atoms with van der Waals surface area (Å²) < 4.78 is 45.3. The van der Waals surface area contributed by atoms with Crippen LogP contribution in [0.2, 0.25) is 0 Å². The second-order valence-corrected chi connectivity index (χ2v) is 9.67. The summed E-state index contributed by atoms with van der Waals surface area (Å²) in [7, 11) is 1.36. The summed E-state index contributed by atoms with van der Waals surface area (Å²) in [6.07, 6.45) is 3.11. The Hall–Kier alpha value is -2.99. The Labute approximate surface area is 209 Å². The molecule has 3 aromatic rings. The number of ether oxygens (including phenoxy) is 1. The zero-order valence-corrected chi connectivity index (χ0v) is 20.6. The molecule has 0 aliphatic heterocycles. The molecule has 2 N–H and O–H groups in total. The van der Waals surface area contributed by atoms with E-state index >= 15 is 0 Å². The van der Waals surface area contributed by atoms with Crippen LogP contribution >= 0.6 is 23.6 Å². The number of hydrogen-bond acceptors (Lipinski definition) is 6. The molecular formula is C23H24F3N5O2S2. The van der Waals surface area contributed by atoms with Crippen molar-refractivity contribution in [3.63, 3.8) is 0 Å². The number of benzene rings is 1. The summed E-state index contributed by atoms with van der Waals surface area (Å²) in [5.41, 5.74) is 1.26. The average molecular weight is 524 g/mol. The van der Waals surface area contributed by atoms with Crippen LogP contribution in [0.15, 0.2) is 30.6 Å². The van der Waals surface area contributed by atoms with Gasteiger partial charge in [0.05, 0.1) is 24.8 Å². The average Bonchev–Trinajstić information content (AvgIpc) is 3.36. The molecule has 7 nitrogen and oxygen atoms in total. The molecule has 0 spiro atoms. The zero-order chi connectivity index (χ0) is 25.0. The minimum absolute atomic E-state index is 0.114. The number of methoxy groups -OCH3 is 1. The van der Waals surface area contributed by atoms with E-state index in [4.69, 9.17) is 17.0 Å². The smallest absolute Gasteiger partial charge is 0.416 e. The maximum atomic E-state index is 13.0. The van der Waals surface area contributed by atoms with E-state index in [1.165, 1.54) is 46.8 Å². The first-order chi connectivity index (χ1) is 16.7. The Morgan fingerprint density at radius 3 is 2.71 bits per heavy atom. The van der Waals surface area contributed by atoms with Crippen LogP contribution in [0, 0.1) is 0 Å². The summed E-state index contributed by atoms with van der Waals surface area (Å²) in [6, 6.07) is 5.05. The molecule has 186 valence electrons. The number of anilines is 2. The fraction of sp³-hybridized carbons (Fsp3) is 0.391. The number of fused-ring (bicyclic) bond motifs is 1. The second kappa shape index (κ2) is 10.7. The van der Waals surface area contributed by atoms with Gasteiger partial charge in [0.1, 0.15) is 11.3 Å². The Balaban J connectivity index is 1.45. The summed E-state index contributed by atoms with van der Waals surface area (Å²) in [5.74, 6) is -0.221. The van der Waals surface area contributed by atoms with E-state index < -0.39 is 17.7 Å². The number of carbonyl (C=O) groups excluding carboxylic acids is 1. The van der Waals surface area contributed by atoms with E-state index in [-0.39, 0.29) is 17.6 Å². The summed E-state index contributed by atoms with van der Waals surface area (Å²) in [5, 5.41) is 11.0. The first kappa shape index (κ1) is 25.1. The maximum absolute atomic E-state index is 13.0. The number of thiocarbonyl (C=S) groups is 1. The number of carbonyl (C=O) groups is 1. The highest BCUT2D eigenvalue weighted by atomic mass is 32.1. The molecule has 0 atom stereocenters. The molecule has 0 unspecified atom stereocenters. The van der Waals surface area contributed by atoms with Crippen molar-refractivity contribution in [2.24, 2.45) is 0 Å². The molecule has 0 fully saturated rings. The van der Waals surface area contributed by atoms with Crippen LogP contribution in [-0.4, -0.2) is 33.0 Å². The van der Waals surface area contributed by atoms with Gasteiger partial charge in [-0.15, -0.1) is 16.4 Å². The molecule has 1 aliphatic rings. The number of alkyl halides is 3. The first-order valence-electron chi connectivity index (χ1n) is 11.1. The van der Waals surface area contributed by atoms with Crippen LogP contribution < -0.4 is 10.6 Å². The zero-order valence-electron chi connectivity index (χ0n) is 18.9. The van der Waals surface area contributed by atoms with Crippen LogP contribution in [0.25, 0.3) is 0 Å². The van der Waals surface area contributed by atoms with Gasteiger partial charge in [-0.2, -0.15) is 13.2 Å². The summed E-state index contributed by atoms with van der Waals surface area (Å²) in [6.45, 7) is 0.114. The minimum Gasteiger partial charge on any atom is -0.465 e. The molecule has 0 bridgehead atoms. The van der Waals surface area contributed by atoms with E-state index in [0.717, 1.165) is 49.8 Å². The highest BCUT2D eigenvalue weighted by molar-refractivity contribution is 7.80. The van der Waals surface area contributed by atoms with E-state index in [1.807, 2.05) is 0 Å². The number of halogens is 3. The molecule has 4 rings (SSSR count). The number of hydrogen-bond donors (Lipinski definition) is 2. The van der Waals surface area contributed by atoms with Crippen molar-refractivity contribution in [3.05, 3.63) is 57.7 Å². The van der Waals surface area contributed by atoms with Crippen LogP contribution in [0.4, 0.5) is 24.1 Å². The van der Waals surface area contributed by atoms with Gasteiger partial charge in [-0.1, -0.05) is 25.0 Å². The standard InChI is InChI=1S/C23H24F3N5O2S2/c1-33-20(32)18-16-9-4-2-3-5-10-17(16)35-19(18)28-22(34)29-21-27-13-31(30-21)12-14-7-6-8-15(11-14)23(24,25)26/h6-8,11,13H,2-5,9-10,12H2,1H3,(H2,28,29,30,34). The van der Waals surface area contributed by atoms with Crippen molar-refractivity contribution in [1.29, 1.82) is 0 Å². The molecule has 0 amide bonds. The van der Waals surface area contributed by atoms with Gasteiger partial charge >= 0.3 is 12.1 Å². The lowest BCUT2D eigenvalue weighted by molar-refractivity contribution is -0.137. The predicted octanol–water partition coefficient (Wildman–Crippen LogP) is 5.66. The van der Waals surface area contributed by atoms with Crippen molar-refractivity contribution in [3.8, 4) is 0 Å². The van der Waals surface area contributed by atoms with Crippen LogP contribution in [0.5, 0.6) is 0 Å². The Morgan fingerprint density at radius 1 is 1.20 bits per heavy atom. The molecule has 2 aromatic heterocycles. The number of nitrogens with one attached hydrogen (secondary N) is 2. The Kier molecular flexibility index (Phi) is 7.70. The lowest BCUT2D eigenvalue weighted by atomic mass is 9.96. The van der Waals surface area contributed by atoms with Crippen molar-refractivity contribution >= 4 is 45.6 Å². The highest BCUT2D eigenvalue weighted by Gasteiger charge is 2.30. The number of aryl methyl sites for hydroxylation is 1. The molecule has 0 saturated carbocycles. The van der Waals surface area contributed by atoms with Crippen molar-refractivity contribution in [2.75, 3.05) is 17.7 Å². The number of nitrogens with zero attached hydrogens (tertiary/aromatic N) is 3. The van der Waals surface area contributed by atoms with Crippen molar-refractivity contribution in [2.45, 2.75) is 51.2 Å².